The van der Waals surface area contributed by atoms with Crippen molar-refractivity contribution in [3.8, 4) is 0 Å². The van der Waals surface area contributed by atoms with Gasteiger partial charge in [-0.1, -0.05) is 0 Å². The van der Waals surface area contributed by atoms with Crippen LogP contribution in [0.3, 0.4) is 0 Å². The van der Waals surface area contributed by atoms with E-state index in [-0.39, 0.29) is 0 Å². The fourth-order valence-electron chi connectivity index (χ4n) is 4.75. The average molecular weight is 489 g/mol. The molecule has 1 heterocycles. The van der Waals surface area contributed by atoms with Crippen LogP contribution in [0.2, 0.25) is 19.6 Å². The van der Waals surface area contributed by atoms with Crippen molar-refractivity contribution >= 4 is 59.5 Å². The zero-order chi connectivity index (χ0) is 23.7. The molecule has 3 nitrogen and oxygen atoms in total. The number of benzene rings is 3. The monoisotopic (exact) mass is 488 g/mol. The molecule has 172 valence electrons. The Morgan fingerprint density at radius 2 is 0.939 bits per heavy atom. The summed E-state index contributed by atoms with van der Waals surface area (Å²) in [5.41, 5.74) is 3.24. The van der Waals surface area contributed by atoms with Crippen LogP contribution in [-0.4, -0.2) is 25.7 Å². The second-order valence-corrected chi connectivity index (χ2v) is 20.2. The molecule has 3 aromatic carbocycles. The summed E-state index contributed by atoms with van der Waals surface area (Å²) in [5.74, 6) is 0. The molecule has 0 amide bonds. The van der Waals surface area contributed by atoms with Gasteiger partial charge in [0.1, 0.15) is 0 Å². The maximum absolute atomic E-state index is 7.00. The Balaban J connectivity index is 1.83. The van der Waals surface area contributed by atoms with Crippen LogP contribution in [-0.2, 0) is 12.3 Å². The molecule has 33 heavy (non-hydrogen) atoms. The van der Waals surface area contributed by atoms with Gasteiger partial charge in [-0.25, -0.2) is 0 Å². The maximum atomic E-state index is 7.00. The van der Waals surface area contributed by atoms with Gasteiger partial charge in [0.15, 0.2) is 0 Å². The summed E-state index contributed by atoms with van der Waals surface area (Å²) in [6.45, 7) is 18.1. The molecule has 0 saturated carbocycles. The van der Waals surface area contributed by atoms with Crippen LogP contribution >= 0.6 is 0 Å². The van der Waals surface area contributed by atoms with Crippen molar-refractivity contribution in [1.29, 1.82) is 0 Å². The van der Waals surface area contributed by atoms with E-state index in [1.54, 1.807) is 0 Å². The quantitative estimate of drug-likeness (QED) is 0.482. The molecule has 3 aromatic rings. The fourth-order valence-corrected chi connectivity index (χ4v) is 23.7. The van der Waals surface area contributed by atoms with Gasteiger partial charge in [-0.2, -0.15) is 0 Å². The number of rotatable bonds is 6. The molecule has 1 aliphatic rings. The van der Waals surface area contributed by atoms with Gasteiger partial charge in [0.05, 0.1) is 0 Å². The molecule has 4 rings (SSSR count). The van der Waals surface area contributed by atoms with Crippen LogP contribution in [0.15, 0.2) is 92.5 Å². The second kappa shape index (κ2) is 8.98. The molecule has 0 spiro atoms. The molecule has 1 saturated heterocycles. The Bertz CT molecular complexity index is 1010. The van der Waals surface area contributed by atoms with E-state index < -0.39 is 25.7 Å². The van der Waals surface area contributed by atoms with Gasteiger partial charge in [-0.05, 0) is 0 Å². The average Bonchev–Trinajstić information content (AvgIpc) is 2.83. The first-order valence-corrected chi connectivity index (χ1v) is 19.1. The van der Waals surface area contributed by atoms with Crippen LogP contribution < -0.4 is 15.6 Å². The van der Waals surface area contributed by atoms with Gasteiger partial charge in [-0.3, -0.25) is 0 Å². The Hall–Kier alpha value is -2.59. The van der Waals surface area contributed by atoms with Crippen LogP contribution in [0.4, 0.5) is 0 Å². The first-order valence-electron chi connectivity index (χ1n) is 11.4. The van der Waals surface area contributed by atoms with Crippen molar-refractivity contribution < 1.29 is 12.3 Å². The van der Waals surface area contributed by atoms with Gasteiger partial charge in [0, 0.05) is 0 Å². The third-order valence-corrected chi connectivity index (χ3v) is 22.6. The van der Waals surface area contributed by atoms with Crippen molar-refractivity contribution in [3.05, 3.63) is 109 Å². The third kappa shape index (κ3) is 4.59. The Kier molecular flexibility index (Phi) is 6.41. The van der Waals surface area contributed by atoms with E-state index in [2.05, 4.69) is 112 Å². The predicted molar refractivity (Wildman–Crippen MR) is 149 cm³/mol. The minimum absolute atomic E-state index is 1.08. The van der Waals surface area contributed by atoms with Crippen molar-refractivity contribution in [2.75, 3.05) is 0 Å². The molecule has 0 radical (unpaired) electrons. The molecule has 0 unspecified atom stereocenters. The van der Waals surface area contributed by atoms with E-state index in [0.29, 0.717) is 0 Å². The molecule has 0 N–H and O–H groups in total. The summed E-state index contributed by atoms with van der Waals surface area (Å²) in [4.78, 5) is 0. The predicted octanol–water partition coefficient (Wildman–Crippen LogP) is 4.38. The minimum atomic E-state index is -3.16. The molecule has 1 fully saturated rings. The van der Waals surface area contributed by atoms with E-state index in [1.165, 1.54) is 0 Å². The Morgan fingerprint density at radius 3 is 1.27 bits per heavy atom. The standard InChI is InChI=1S/C27H32O3Si3/c1-7-22-10-16-25(17-11-22)31(4)28-32(5,26-18-12-23(8-2)13-19-26)30-33(6,29-31)27-20-14-24(9-3)15-21-27/h7-21,31-32H,1-3H2,4-6H3/q-2. The summed E-state index contributed by atoms with van der Waals surface area (Å²) in [6.07, 6.45) is 5.55. The third-order valence-electron chi connectivity index (χ3n) is 6.65. The number of hydrogen-bond acceptors (Lipinski definition) is 3. The van der Waals surface area contributed by atoms with Crippen LogP contribution in [0.1, 0.15) is 16.7 Å². The molecule has 0 aliphatic carbocycles. The van der Waals surface area contributed by atoms with Gasteiger partial charge < -0.3 is 0 Å². The zero-order valence-electron chi connectivity index (χ0n) is 19.7. The molecule has 1 aliphatic heterocycles. The number of hydrogen-bond donors (Lipinski definition) is 0. The van der Waals surface area contributed by atoms with E-state index >= 15 is 0 Å². The van der Waals surface area contributed by atoms with Crippen molar-refractivity contribution in [2.24, 2.45) is 0 Å². The first kappa shape index (κ1) is 23.6. The van der Waals surface area contributed by atoms with E-state index in [4.69, 9.17) is 12.3 Å². The summed E-state index contributed by atoms with van der Waals surface area (Å²) < 4.78 is 21.0. The zero-order valence-corrected chi connectivity index (χ0v) is 23.0. The van der Waals surface area contributed by atoms with Gasteiger partial charge >= 0.3 is 201 Å². The van der Waals surface area contributed by atoms with Crippen LogP contribution in [0.5, 0.6) is 0 Å². The van der Waals surface area contributed by atoms with E-state index in [9.17, 15) is 0 Å². The molecular weight excluding hydrogens is 457 g/mol. The summed E-state index contributed by atoms with van der Waals surface area (Å²) in [6, 6.07) is 25.2. The summed E-state index contributed by atoms with van der Waals surface area (Å²) >= 11 is 0. The van der Waals surface area contributed by atoms with Crippen molar-refractivity contribution in [3.63, 3.8) is 0 Å². The molecular formula is C27H32O3Si3-2. The molecule has 0 aromatic heterocycles. The van der Waals surface area contributed by atoms with Gasteiger partial charge in [-0.15, -0.1) is 0 Å². The summed E-state index contributed by atoms with van der Waals surface area (Å²) in [7, 11) is -9.11. The van der Waals surface area contributed by atoms with Crippen LogP contribution in [0.25, 0.3) is 18.2 Å². The van der Waals surface area contributed by atoms with Gasteiger partial charge in [0.25, 0.3) is 0 Å². The molecule has 6 heteroatoms. The van der Waals surface area contributed by atoms with Crippen molar-refractivity contribution in [1.82, 2.24) is 0 Å². The van der Waals surface area contributed by atoms with E-state index in [0.717, 1.165) is 32.3 Å². The van der Waals surface area contributed by atoms with Crippen LogP contribution in [0, 0.1) is 0 Å². The normalized spacial score (nSPS) is 23.1. The van der Waals surface area contributed by atoms with E-state index in [1.807, 2.05) is 18.2 Å². The Labute approximate surface area is 200 Å². The Morgan fingerprint density at radius 1 is 0.606 bits per heavy atom. The molecule has 0 bridgehead atoms. The summed E-state index contributed by atoms with van der Waals surface area (Å²) in [5, 5.41) is 3.37. The molecule has 0 atom stereocenters. The van der Waals surface area contributed by atoms with Crippen molar-refractivity contribution in [2.45, 2.75) is 19.6 Å². The fraction of sp³-hybridized carbons (Fsp3) is 0.111. The topological polar surface area (TPSA) is 27.7 Å². The first-order chi connectivity index (χ1) is 15.7. The SMILES string of the molecule is C=Cc1ccc([Si]2(C)O[SiH-](C)(c3ccc(C=C)cc3)O[SiH-](C)(c3ccc(C=C)cc3)O2)cc1. The second-order valence-electron chi connectivity index (χ2n) is 9.07. The van der Waals surface area contributed by atoms with Gasteiger partial charge in [0.2, 0.25) is 0 Å².